The van der Waals surface area contributed by atoms with E-state index in [2.05, 4.69) is 21.5 Å². The van der Waals surface area contributed by atoms with E-state index < -0.39 is 5.41 Å². The Hall–Kier alpha value is -1.83. The molecule has 4 fully saturated rings. The standard InChI is InChI=1S/C26H34N3O3S.ClH/c30-22(16-24-27-19-28-33-24)17-29-14-10-20(11-15-29)23(18-29)32-25(31)26(12-6-1-2-7-13-26)21-8-4-3-5-9-21;/h3-5,8-9,19-20,23H,1-2,6-7,10-18H2;1H/q+1;/p-1/t20?,23-,29?;/m0./s1. The predicted octanol–water partition coefficient (Wildman–Crippen LogP) is 1.10. The lowest BCUT2D eigenvalue weighted by atomic mass is 9.74. The Morgan fingerprint density at radius 1 is 1.06 bits per heavy atom. The van der Waals surface area contributed by atoms with E-state index in [-0.39, 0.29) is 30.3 Å². The lowest BCUT2D eigenvalue weighted by molar-refractivity contribution is -0.939. The molecule has 184 valence electrons. The molecule has 1 aromatic heterocycles. The fourth-order valence-corrected chi connectivity index (χ4v) is 6.94. The number of ether oxygens (including phenoxy) is 1. The zero-order valence-corrected chi connectivity index (χ0v) is 21.2. The minimum atomic E-state index is -0.526. The van der Waals surface area contributed by atoms with Crippen LogP contribution in [0.5, 0.6) is 0 Å². The number of quaternary nitrogens is 1. The van der Waals surface area contributed by atoms with Gasteiger partial charge in [0, 0.05) is 18.8 Å². The molecule has 4 aliphatic rings. The number of benzene rings is 1. The highest BCUT2D eigenvalue weighted by Gasteiger charge is 2.50. The molecular weight excluding hydrogens is 470 g/mol. The van der Waals surface area contributed by atoms with Crippen molar-refractivity contribution in [1.82, 2.24) is 9.36 Å². The molecule has 0 spiro atoms. The number of carbonyl (C=O) groups is 2. The Bertz CT molecular complexity index is 953. The quantitative estimate of drug-likeness (QED) is 0.321. The molecular formula is C26H34ClN3O3S. The second kappa shape index (κ2) is 10.8. The van der Waals surface area contributed by atoms with Crippen LogP contribution >= 0.6 is 11.5 Å². The van der Waals surface area contributed by atoms with Gasteiger partial charge in [-0.3, -0.25) is 9.59 Å². The summed E-state index contributed by atoms with van der Waals surface area (Å²) in [5.74, 6) is 0.597. The average Bonchev–Trinajstić information content (AvgIpc) is 3.20. The van der Waals surface area contributed by atoms with Crippen molar-refractivity contribution in [3.8, 4) is 0 Å². The first kappa shape index (κ1) is 25.3. The van der Waals surface area contributed by atoms with Gasteiger partial charge in [-0.25, -0.2) is 4.98 Å². The number of aromatic nitrogens is 2. The molecule has 0 N–H and O–H groups in total. The molecule has 2 aromatic rings. The van der Waals surface area contributed by atoms with Crippen molar-refractivity contribution in [2.45, 2.75) is 69.3 Å². The number of halogens is 1. The van der Waals surface area contributed by atoms with Crippen LogP contribution < -0.4 is 12.4 Å². The van der Waals surface area contributed by atoms with Gasteiger partial charge in [0.1, 0.15) is 24.4 Å². The van der Waals surface area contributed by atoms with Gasteiger partial charge in [-0.2, -0.15) is 4.37 Å². The van der Waals surface area contributed by atoms with Gasteiger partial charge >= 0.3 is 5.97 Å². The molecule has 8 heteroatoms. The van der Waals surface area contributed by atoms with E-state index >= 15 is 0 Å². The van der Waals surface area contributed by atoms with Gasteiger partial charge in [-0.15, -0.1) is 0 Å². The molecule has 3 saturated heterocycles. The minimum absolute atomic E-state index is 0. The number of ketones is 1. The molecule has 0 unspecified atom stereocenters. The second-order valence-electron chi connectivity index (χ2n) is 10.3. The molecule has 0 radical (unpaired) electrons. The van der Waals surface area contributed by atoms with E-state index in [4.69, 9.17) is 4.74 Å². The summed E-state index contributed by atoms with van der Waals surface area (Å²) in [5, 5.41) is 0.784. The van der Waals surface area contributed by atoms with Crippen LogP contribution in [0.4, 0.5) is 0 Å². The maximum Gasteiger partial charge on any atom is 0.317 e. The van der Waals surface area contributed by atoms with Crippen molar-refractivity contribution in [3.63, 3.8) is 0 Å². The fourth-order valence-electron chi connectivity index (χ4n) is 6.40. The number of rotatable bonds is 7. The van der Waals surface area contributed by atoms with Gasteiger partial charge in [0.25, 0.3) is 0 Å². The van der Waals surface area contributed by atoms with Gasteiger partial charge in [-0.05, 0) is 29.9 Å². The first-order valence-corrected chi connectivity index (χ1v) is 13.2. The highest BCUT2D eigenvalue weighted by molar-refractivity contribution is 7.05. The summed E-state index contributed by atoms with van der Waals surface area (Å²) < 4.78 is 11.2. The number of Topliss-reactive ketones (excluding diaryl/α,β-unsaturated/α-hetero) is 1. The molecule has 3 aliphatic heterocycles. The number of fused-ring (bicyclic) bond motifs is 3. The summed E-state index contributed by atoms with van der Waals surface area (Å²) in [6.45, 7) is 3.28. The molecule has 1 aliphatic carbocycles. The second-order valence-corrected chi connectivity index (χ2v) is 11.2. The van der Waals surface area contributed by atoms with Crippen molar-refractivity contribution >= 4 is 23.3 Å². The maximum atomic E-state index is 13.8. The molecule has 1 atom stereocenters. The third kappa shape index (κ3) is 5.21. The number of piperidine rings is 3. The third-order valence-corrected chi connectivity index (χ3v) is 8.90. The number of hydrogen-bond donors (Lipinski definition) is 0. The zero-order valence-electron chi connectivity index (χ0n) is 19.7. The first-order valence-electron chi connectivity index (χ1n) is 12.5. The normalized spacial score (nSPS) is 27.9. The van der Waals surface area contributed by atoms with Crippen molar-refractivity contribution in [1.29, 1.82) is 0 Å². The molecule has 1 saturated carbocycles. The monoisotopic (exact) mass is 503 g/mol. The van der Waals surface area contributed by atoms with Crippen LogP contribution in [-0.2, 0) is 26.2 Å². The van der Waals surface area contributed by atoms with E-state index in [9.17, 15) is 9.59 Å². The number of carbonyl (C=O) groups excluding carboxylic acids is 2. The van der Waals surface area contributed by atoms with E-state index in [0.29, 0.717) is 18.9 Å². The Balaban J connectivity index is 0.00000274. The van der Waals surface area contributed by atoms with E-state index in [1.54, 1.807) is 0 Å². The lowest BCUT2D eigenvalue weighted by Gasteiger charge is -2.52. The summed E-state index contributed by atoms with van der Waals surface area (Å²) in [6, 6.07) is 10.3. The molecule has 6 rings (SSSR count). The molecule has 1 aromatic carbocycles. The van der Waals surface area contributed by atoms with Crippen LogP contribution in [0, 0.1) is 5.92 Å². The predicted molar refractivity (Wildman–Crippen MR) is 127 cm³/mol. The van der Waals surface area contributed by atoms with Crippen LogP contribution in [0.15, 0.2) is 36.7 Å². The zero-order chi connectivity index (χ0) is 22.7. The number of hydrogen-bond acceptors (Lipinski definition) is 6. The van der Waals surface area contributed by atoms with Crippen molar-refractivity contribution in [3.05, 3.63) is 47.2 Å². The summed E-state index contributed by atoms with van der Waals surface area (Å²) in [6.07, 6.45) is 10.1. The lowest BCUT2D eigenvalue weighted by Crippen LogP contribution is -3.00. The van der Waals surface area contributed by atoms with Crippen LogP contribution in [0.3, 0.4) is 0 Å². The fraction of sp³-hybridized carbons (Fsp3) is 0.615. The third-order valence-electron chi connectivity index (χ3n) is 8.24. The average molecular weight is 504 g/mol. The summed E-state index contributed by atoms with van der Waals surface area (Å²) in [7, 11) is 0. The summed E-state index contributed by atoms with van der Waals surface area (Å²) >= 11 is 1.30. The van der Waals surface area contributed by atoms with Gasteiger partial charge in [0.2, 0.25) is 0 Å². The van der Waals surface area contributed by atoms with Crippen LogP contribution in [0.2, 0.25) is 0 Å². The molecule has 6 nitrogen and oxygen atoms in total. The number of nitrogens with zero attached hydrogens (tertiary/aromatic N) is 3. The van der Waals surface area contributed by atoms with Crippen molar-refractivity contribution in [2.24, 2.45) is 5.92 Å². The van der Waals surface area contributed by atoms with Gasteiger partial charge < -0.3 is 21.6 Å². The first-order chi connectivity index (χ1) is 16.1. The van der Waals surface area contributed by atoms with E-state index in [0.717, 1.165) is 73.2 Å². The topological polar surface area (TPSA) is 69.2 Å². The minimum Gasteiger partial charge on any atom is -1.00 e. The Kier molecular flexibility index (Phi) is 8.05. The Labute approximate surface area is 212 Å². The van der Waals surface area contributed by atoms with Crippen LogP contribution in [0.25, 0.3) is 0 Å². The van der Waals surface area contributed by atoms with Crippen molar-refractivity contribution in [2.75, 3.05) is 26.2 Å². The smallest absolute Gasteiger partial charge is 0.317 e. The van der Waals surface area contributed by atoms with Crippen LogP contribution in [-0.4, -0.2) is 57.9 Å². The van der Waals surface area contributed by atoms with E-state index in [1.807, 2.05) is 18.2 Å². The van der Waals surface area contributed by atoms with Gasteiger partial charge in [0.15, 0.2) is 11.9 Å². The highest BCUT2D eigenvalue weighted by Crippen LogP contribution is 2.42. The van der Waals surface area contributed by atoms with Gasteiger partial charge in [0.05, 0.1) is 24.9 Å². The molecule has 34 heavy (non-hydrogen) atoms. The van der Waals surface area contributed by atoms with Crippen LogP contribution in [0.1, 0.15) is 61.9 Å². The summed E-state index contributed by atoms with van der Waals surface area (Å²) in [4.78, 5) is 30.8. The largest absolute Gasteiger partial charge is 1.00 e. The highest BCUT2D eigenvalue weighted by atomic mass is 35.5. The Morgan fingerprint density at radius 2 is 1.76 bits per heavy atom. The summed E-state index contributed by atoms with van der Waals surface area (Å²) in [5.41, 5.74) is 0.580. The number of esters is 1. The van der Waals surface area contributed by atoms with Crippen molar-refractivity contribution < 1.29 is 31.2 Å². The van der Waals surface area contributed by atoms with E-state index in [1.165, 1.54) is 30.7 Å². The van der Waals surface area contributed by atoms with Gasteiger partial charge in [-0.1, -0.05) is 56.0 Å². The SMILES string of the molecule is O=C(Cc1ncns1)C[N+]12CCC(CC1)[C@@H](OC(=O)C1(c3ccccc3)CCCCCC1)C2.[Cl-]. The maximum absolute atomic E-state index is 13.8. The Morgan fingerprint density at radius 3 is 2.41 bits per heavy atom. The molecule has 0 amide bonds. The molecule has 4 heterocycles. The molecule has 2 bridgehead atoms.